The van der Waals surface area contributed by atoms with E-state index in [0.717, 1.165) is 25.6 Å². The predicted molar refractivity (Wildman–Crippen MR) is 89.7 cm³/mol. The molecule has 2 unspecified atom stereocenters. The monoisotopic (exact) mass is 317 g/mol. The fourth-order valence-electron chi connectivity index (χ4n) is 2.69. The van der Waals surface area contributed by atoms with Crippen LogP contribution in [0.3, 0.4) is 0 Å². The van der Waals surface area contributed by atoms with Crippen LogP contribution in [0.15, 0.2) is 5.38 Å². The number of likely N-dealkylation sites (tertiary alicyclic amines) is 1. The van der Waals surface area contributed by atoms with Gasteiger partial charge in [-0.1, -0.05) is 27.7 Å². The molecule has 0 radical (unpaired) electrons. The number of rotatable bonds is 3. The highest BCUT2D eigenvalue weighted by atomic mass is 35.5. The second-order valence-electron chi connectivity index (χ2n) is 6.88. The molecule has 1 aromatic heterocycles. The zero-order valence-electron chi connectivity index (χ0n) is 13.1. The van der Waals surface area contributed by atoms with Crippen LogP contribution in [-0.2, 0) is 12.0 Å². The predicted octanol–water partition coefficient (Wildman–Crippen LogP) is 3.42. The van der Waals surface area contributed by atoms with E-state index in [4.69, 9.17) is 10.7 Å². The first kappa shape index (κ1) is 17.9. The first-order valence-corrected chi connectivity index (χ1v) is 8.17. The van der Waals surface area contributed by atoms with Gasteiger partial charge in [-0.3, -0.25) is 4.90 Å². The number of nitrogens with two attached hydrogens (primary N) is 1. The van der Waals surface area contributed by atoms with Gasteiger partial charge in [0.15, 0.2) is 0 Å². The third-order valence-electron chi connectivity index (χ3n) is 3.93. The number of aromatic nitrogens is 1. The molecule has 2 rings (SSSR count). The van der Waals surface area contributed by atoms with E-state index in [0.29, 0.717) is 6.04 Å². The van der Waals surface area contributed by atoms with Crippen LogP contribution in [-0.4, -0.2) is 29.0 Å². The summed E-state index contributed by atoms with van der Waals surface area (Å²) in [5.41, 5.74) is 7.29. The van der Waals surface area contributed by atoms with Crippen LogP contribution in [0.1, 0.15) is 51.2 Å². The third kappa shape index (κ3) is 4.42. The van der Waals surface area contributed by atoms with E-state index in [9.17, 15) is 0 Å². The number of piperidine rings is 1. The van der Waals surface area contributed by atoms with Crippen LogP contribution in [0, 0.1) is 5.92 Å². The molecule has 2 atom stereocenters. The quantitative estimate of drug-likeness (QED) is 0.928. The fraction of sp³-hybridized carbons (Fsp3) is 0.800. The molecule has 0 bridgehead atoms. The Morgan fingerprint density at radius 1 is 1.45 bits per heavy atom. The molecule has 1 saturated heterocycles. The van der Waals surface area contributed by atoms with Crippen molar-refractivity contribution in [1.29, 1.82) is 0 Å². The van der Waals surface area contributed by atoms with Gasteiger partial charge >= 0.3 is 0 Å². The first-order valence-electron chi connectivity index (χ1n) is 7.29. The lowest BCUT2D eigenvalue weighted by Crippen LogP contribution is -2.45. The van der Waals surface area contributed by atoms with Gasteiger partial charge in [0, 0.05) is 29.9 Å². The Morgan fingerprint density at radius 2 is 2.15 bits per heavy atom. The Labute approximate surface area is 133 Å². The van der Waals surface area contributed by atoms with Gasteiger partial charge in [0.25, 0.3) is 0 Å². The summed E-state index contributed by atoms with van der Waals surface area (Å²) in [5, 5.41) is 3.45. The molecule has 1 aromatic rings. The first-order chi connectivity index (χ1) is 8.90. The second kappa shape index (κ2) is 7.21. The summed E-state index contributed by atoms with van der Waals surface area (Å²) in [7, 11) is 0. The van der Waals surface area contributed by atoms with Gasteiger partial charge in [0.05, 0.1) is 10.7 Å². The molecule has 0 saturated carbocycles. The number of hydrogen-bond acceptors (Lipinski definition) is 4. The molecule has 20 heavy (non-hydrogen) atoms. The van der Waals surface area contributed by atoms with E-state index in [2.05, 4.69) is 38.0 Å². The molecule has 0 aliphatic carbocycles. The van der Waals surface area contributed by atoms with Crippen molar-refractivity contribution in [2.24, 2.45) is 11.7 Å². The number of halogens is 1. The molecule has 0 spiro atoms. The van der Waals surface area contributed by atoms with Crippen LogP contribution < -0.4 is 5.73 Å². The smallest absolute Gasteiger partial charge is 0.0982 e. The summed E-state index contributed by atoms with van der Waals surface area (Å²) in [4.78, 5) is 7.31. The summed E-state index contributed by atoms with van der Waals surface area (Å²) < 4.78 is 0. The summed E-state index contributed by atoms with van der Waals surface area (Å²) in [6.07, 6.45) is 2.51. The Bertz CT molecular complexity index is 413. The molecule has 0 aromatic carbocycles. The average molecular weight is 318 g/mol. The second-order valence-corrected chi connectivity index (χ2v) is 7.74. The maximum Gasteiger partial charge on any atom is 0.0982 e. The summed E-state index contributed by atoms with van der Waals surface area (Å²) in [6, 6.07) is 0.531. The maximum atomic E-state index is 5.92. The standard InChI is InChI=1S/C15H27N3S.ClH/c1-11-5-6-18(13(7-11)8-16)9-12-10-19-14(17-12)15(2,3)4;/h10-11,13H,5-9,16H2,1-4H3;1H. The third-order valence-corrected chi connectivity index (χ3v) is 5.25. The molecular weight excluding hydrogens is 290 g/mol. The van der Waals surface area contributed by atoms with Gasteiger partial charge in [-0.2, -0.15) is 0 Å². The van der Waals surface area contributed by atoms with Crippen LogP contribution in [0.5, 0.6) is 0 Å². The SMILES string of the molecule is CC1CCN(Cc2csc(C(C)(C)C)n2)C(CN)C1.Cl. The van der Waals surface area contributed by atoms with Gasteiger partial charge in [0.1, 0.15) is 0 Å². The minimum atomic E-state index is 0. The maximum absolute atomic E-state index is 5.92. The van der Waals surface area contributed by atoms with E-state index in [-0.39, 0.29) is 17.8 Å². The van der Waals surface area contributed by atoms with Crippen molar-refractivity contribution in [3.05, 3.63) is 16.1 Å². The number of nitrogens with zero attached hydrogens (tertiary/aromatic N) is 2. The molecular formula is C15H28ClN3S. The van der Waals surface area contributed by atoms with Gasteiger partial charge in [0.2, 0.25) is 0 Å². The molecule has 2 N–H and O–H groups in total. The van der Waals surface area contributed by atoms with Crippen LogP contribution in [0.2, 0.25) is 0 Å². The summed E-state index contributed by atoms with van der Waals surface area (Å²) in [6.45, 7) is 11.9. The van der Waals surface area contributed by atoms with Crippen molar-refractivity contribution in [3.8, 4) is 0 Å². The largest absolute Gasteiger partial charge is 0.329 e. The summed E-state index contributed by atoms with van der Waals surface area (Å²) >= 11 is 1.79. The minimum Gasteiger partial charge on any atom is -0.329 e. The molecule has 1 fully saturated rings. The van der Waals surface area contributed by atoms with Gasteiger partial charge < -0.3 is 5.73 Å². The van der Waals surface area contributed by atoms with E-state index >= 15 is 0 Å². The molecule has 3 nitrogen and oxygen atoms in total. The fourth-order valence-corrected chi connectivity index (χ4v) is 3.58. The lowest BCUT2D eigenvalue weighted by atomic mass is 9.92. The molecule has 0 amide bonds. The highest BCUT2D eigenvalue weighted by Crippen LogP contribution is 2.28. The Kier molecular flexibility index (Phi) is 6.45. The molecule has 5 heteroatoms. The number of hydrogen-bond donors (Lipinski definition) is 1. The van der Waals surface area contributed by atoms with Crippen molar-refractivity contribution < 1.29 is 0 Å². The van der Waals surface area contributed by atoms with E-state index in [1.165, 1.54) is 23.5 Å². The van der Waals surface area contributed by atoms with Crippen molar-refractivity contribution in [3.63, 3.8) is 0 Å². The minimum absolute atomic E-state index is 0. The van der Waals surface area contributed by atoms with Crippen molar-refractivity contribution in [1.82, 2.24) is 9.88 Å². The number of thiazole rings is 1. The van der Waals surface area contributed by atoms with Gasteiger partial charge in [-0.05, 0) is 25.3 Å². The van der Waals surface area contributed by atoms with Crippen molar-refractivity contribution in [2.45, 2.75) is 58.5 Å². The summed E-state index contributed by atoms with van der Waals surface area (Å²) in [5.74, 6) is 0.811. The van der Waals surface area contributed by atoms with Crippen LogP contribution in [0.4, 0.5) is 0 Å². The molecule has 116 valence electrons. The molecule has 2 heterocycles. The topological polar surface area (TPSA) is 42.2 Å². The zero-order valence-corrected chi connectivity index (χ0v) is 14.7. The van der Waals surface area contributed by atoms with E-state index < -0.39 is 0 Å². The van der Waals surface area contributed by atoms with E-state index in [1.807, 2.05) is 0 Å². The Morgan fingerprint density at radius 3 is 2.70 bits per heavy atom. The normalized spacial score (nSPS) is 24.4. The van der Waals surface area contributed by atoms with Crippen molar-refractivity contribution in [2.75, 3.05) is 13.1 Å². The molecule has 1 aliphatic heterocycles. The lowest BCUT2D eigenvalue weighted by molar-refractivity contribution is 0.114. The highest BCUT2D eigenvalue weighted by Gasteiger charge is 2.26. The average Bonchev–Trinajstić information content (AvgIpc) is 2.79. The lowest BCUT2D eigenvalue weighted by Gasteiger charge is -2.37. The molecule has 1 aliphatic rings. The zero-order chi connectivity index (χ0) is 14.0. The van der Waals surface area contributed by atoms with Gasteiger partial charge in [-0.25, -0.2) is 4.98 Å². The Balaban J connectivity index is 0.00000200. The van der Waals surface area contributed by atoms with Crippen LogP contribution >= 0.6 is 23.7 Å². The van der Waals surface area contributed by atoms with Crippen LogP contribution in [0.25, 0.3) is 0 Å². The highest BCUT2D eigenvalue weighted by molar-refractivity contribution is 7.09. The van der Waals surface area contributed by atoms with Gasteiger partial charge in [-0.15, -0.1) is 23.7 Å². The van der Waals surface area contributed by atoms with E-state index in [1.54, 1.807) is 11.3 Å². The Hall–Kier alpha value is -0.160. The van der Waals surface area contributed by atoms with Crippen molar-refractivity contribution >= 4 is 23.7 Å².